The molecule has 0 radical (unpaired) electrons. The SMILES string of the molecule is COc1ccc(Cc2ncc(CO)c3cc(OC)c(OC)cc23)cc1OC. The van der Waals surface area contributed by atoms with Crippen LogP contribution in [0.1, 0.15) is 16.8 Å². The first-order chi connectivity index (χ1) is 13.1. The van der Waals surface area contributed by atoms with Crippen LogP contribution in [0.5, 0.6) is 23.0 Å². The van der Waals surface area contributed by atoms with Crippen LogP contribution in [0.25, 0.3) is 10.8 Å². The van der Waals surface area contributed by atoms with Gasteiger partial charge in [-0.1, -0.05) is 6.07 Å². The van der Waals surface area contributed by atoms with Crippen LogP contribution in [-0.4, -0.2) is 38.5 Å². The molecule has 142 valence electrons. The zero-order valence-corrected chi connectivity index (χ0v) is 15.9. The first-order valence-corrected chi connectivity index (χ1v) is 8.49. The Balaban J connectivity index is 2.11. The Kier molecular flexibility index (Phi) is 5.66. The van der Waals surface area contributed by atoms with Crippen molar-refractivity contribution in [3.63, 3.8) is 0 Å². The second-order valence-electron chi connectivity index (χ2n) is 6.01. The molecular weight excluding hydrogens is 346 g/mol. The molecule has 1 aromatic heterocycles. The highest BCUT2D eigenvalue weighted by atomic mass is 16.5. The lowest BCUT2D eigenvalue weighted by Gasteiger charge is -2.14. The van der Waals surface area contributed by atoms with Gasteiger partial charge in [0, 0.05) is 23.6 Å². The molecule has 0 saturated heterocycles. The normalized spacial score (nSPS) is 10.7. The first kappa shape index (κ1) is 18.8. The minimum Gasteiger partial charge on any atom is -0.493 e. The maximum atomic E-state index is 9.69. The van der Waals surface area contributed by atoms with Gasteiger partial charge in [-0.2, -0.15) is 0 Å². The van der Waals surface area contributed by atoms with E-state index in [0.29, 0.717) is 29.4 Å². The Bertz CT molecular complexity index is 955. The Labute approximate surface area is 158 Å². The molecule has 0 spiro atoms. The van der Waals surface area contributed by atoms with Crippen LogP contribution in [0, 0.1) is 0 Å². The fraction of sp³-hybridized carbons (Fsp3) is 0.286. The molecule has 1 N–H and O–H groups in total. The summed E-state index contributed by atoms with van der Waals surface area (Å²) in [6.07, 6.45) is 2.29. The van der Waals surface area contributed by atoms with Gasteiger partial charge >= 0.3 is 0 Å². The van der Waals surface area contributed by atoms with E-state index >= 15 is 0 Å². The molecule has 0 aliphatic heterocycles. The van der Waals surface area contributed by atoms with Crippen molar-refractivity contribution in [2.45, 2.75) is 13.0 Å². The van der Waals surface area contributed by atoms with E-state index in [1.54, 1.807) is 34.6 Å². The van der Waals surface area contributed by atoms with E-state index in [1.165, 1.54) is 0 Å². The second kappa shape index (κ2) is 8.14. The number of methoxy groups -OCH3 is 4. The highest BCUT2D eigenvalue weighted by Gasteiger charge is 2.14. The van der Waals surface area contributed by atoms with E-state index in [-0.39, 0.29) is 6.61 Å². The first-order valence-electron chi connectivity index (χ1n) is 8.49. The number of aliphatic hydroxyl groups excluding tert-OH is 1. The minimum atomic E-state index is -0.102. The molecular formula is C21H23NO5. The van der Waals surface area contributed by atoms with Crippen molar-refractivity contribution < 1.29 is 24.1 Å². The topological polar surface area (TPSA) is 70.0 Å². The standard InChI is InChI=1S/C21H23NO5/c1-24-18-6-5-13(8-19(18)25-2)7-17-16-10-21(27-4)20(26-3)9-15(16)14(12-23)11-22-17/h5-6,8-11,23H,7,12H2,1-4H3. The molecule has 0 atom stereocenters. The number of pyridine rings is 1. The van der Waals surface area contributed by atoms with Crippen LogP contribution in [0.3, 0.4) is 0 Å². The van der Waals surface area contributed by atoms with Crippen molar-refractivity contribution in [2.75, 3.05) is 28.4 Å². The molecule has 1 heterocycles. The number of hydrogen-bond acceptors (Lipinski definition) is 6. The second-order valence-corrected chi connectivity index (χ2v) is 6.01. The monoisotopic (exact) mass is 369 g/mol. The Morgan fingerprint density at radius 1 is 0.778 bits per heavy atom. The molecule has 0 aliphatic rings. The molecule has 0 fully saturated rings. The maximum Gasteiger partial charge on any atom is 0.161 e. The van der Waals surface area contributed by atoms with Crippen molar-refractivity contribution in [3.05, 3.63) is 53.3 Å². The van der Waals surface area contributed by atoms with E-state index in [9.17, 15) is 5.11 Å². The zero-order valence-electron chi connectivity index (χ0n) is 15.9. The Hall–Kier alpha value is -2.99. The summed E-state index contributed by atoms with van der Waals surface area (Å²) in [7, 11) is 6.41. The lowest BCUT2D eigenvalue weighted by molar-refractivity contribution is 0.283. The number of aromatic nitrogens is 1. The number of ether oxygens (including phenoxy) is 4. The quantitative estimate of drug-likeness (QED) is 0.689. The molecule has 3 aromatic rings. The third-order valence-corrected chi connectivity index (χ3v) is 4.55. The summed E-state index contributed by atoms with van der Waals surface area (Å²) in [4.78, 5) is 4.57. The van der Waals surface area contributed by atoms with Gasteiger partial charge in [0.2, 0.25) is 0 Å². The van der Waals surface area contributed by atoms with Crippen LogP contribution in [-0.2, 0) is 13.0 Å². The van der Waals surface area contributed by atoms with Crippen molar-refractivity contribution in [2.24, 2.45) is 0 Å². The summed E-state index contributed by atoms with van der Waals surface area (Å²) in [6, 6.07) is 9.57. The van der Waals surface area contributed by atoms with Crippen molar-refractivity contribution in [1.82, 2.24) is 4.98 Å². The van der Waals surface area contributed by atoms with Gasteiger partial charge in [0.25, 0.3) is 0 Å². The number of aliphatic hydroxyl groups is 1. The number of hydrogen-bond donors (Lipinski definition) is 1. The van der Waals surface area contributed by atoms with Gasteiger partial charge in [-0.15, -0.1) is 0 Å². The van der Waals surface area contributed by atoms with Crippen LogP contribution >= 0.6 is 0 Å². The minimum absolute atomic E-state index is 0.102. The van der Waals surface area contributed by atoms with Gasteiger partial charge in [-0.25, -0.2) is 0 Å². The predicted molar refractivity (Wildman–Crippen MR) is 103 cm³/mol. The fourth-order valence-electron chi connectivity index (χ4n) is 3.13. The lowest BCUT2D eigenvalue weighted by atomic mass is 10.00. The largest absolute Gasteiger partial charge is 0.493 e. The van der Waals surface area contributed by atoms with E-state index in [1.807, 2.05) is 30.3 Å². The van der Waals surface area contributed by atoms with Gasteiger partial charge in [0.05, 0.1) is 40.7 Å². The average Bonchev–Trinajstić information content (AvgIpc) is 2.72. The molecule has 0 saturated carbocycles. The highest BCUT2D eigenvalue weighted by molar-refractivity contribution is 5.90. The molecule has 0 bridgehead atoms. The van der Waals surface area contributed by atoms with Gasteiger partial charge in [0.1, 0.15) is 0 Å². The van der Waals surface area contributed by atoms with Gasteiger partial charge < -0.3 is 24.1 Å². The number of rotatable bonds is 7. The summed E-state index contributed by atoms with van der Waals surface area (Å²) >= 11 is 0. The third kappa shape index (κ3) is 3.61. The molecule has 2 aromatic carbocycles. The molecule has 0 amide bonds. The smallest absolute Gasteiger partial charge is 0.161 e. The van der Waals surface area contributed by atoms with Gasteiger partial charge in [0.15, 0.2) is 23.0 Å². The average molecular weight is 369 g/mol. The summed E-state index contributed by atoms with van der Waals surface area (Å²) in [6.45, 7) is -0.102. The number of nitrogens with zero attached hydrogens (tertiary/aromatic N) is 1. The van der Waals surface area contributed by atoms with Crippen LogP contribution in [0.2, 0.25) is 0 Å². The van der Waals surface area contributed by atoms with Crippen molar-refractivity contribution in [1.29, 1.82) is 0 Å². The molecule has 6 nitrogen and oxygen atoms in total. The number of fused-ring (bicyclic) bond motifs is 1. The Morgan fingerprint density at radius 3 is 1.96 bits per heavy atom. The highest BCUT2D eigenvalue weighted by Crippen LogP contribution is 2.36. The molecule has 3 rings (SSSR count). The molecule has 6 heteroatoms. The van der Waals surface area contributed by atoms with Gasteiger partial charge in [-0.05, 0) is 35.2 Å². The third-order valence-electron chi connectivity index (χ3n) is 4.55. The summed E-state index contributed by atoms with van der Waals surface area (Å²) in [5.74, 6) is 2.59. The summed E-state index contributed by atoms with van der Waals surface area (Å²) < 4.78 is 21.5. The van der Waals surface area contributed by atoms with Crippen LogP contribution in [0.15, 0.2) is 36.5 Å². The van der Waals surface area contributed by atoms with E-state index in [2.05, 4.69) is 4.98 Å². The predicted octanol–water partition coefficient (Wildman–Crippen LogP) is 3.35. The summed E-state index contributed by atoms with van der Waals surface area (Å²) in [5, 5.41) is 11.5. The summed E-state index contributed by atoms with van der Waals surface area (Å²) in [5.41, 5.74) is 2.64. The maximum absolute atomic E-state index is 9.69. The lowest BCUT2D eigenvalue weighted by Crippen LogP contribution is -2.00. The molecule has 27 heavy (non-hydrogen) atoms. The van der Waals surface area contributed by atoms with E-state index in [4.69, 9.17) is 18.9 Å². The van der Waals surface area contributed by atoms with Crippen LogP contribution in [0.4, 0.5) is 0 Å². The van der Waals surface area contributed by atoms with Crippen molar-refractivity contribution in [3.8, 4) is 23.0 Å². The zero-order chi connectivity index (χ0) is 19.4. The molecule has 0 aliphatic carbocycles. The van der Waals surface area contributed by atoms with E-state index < -0.39 is 0 Å². The van der Waals surface area contributed by atoms with Gasteiger partial charge in [-0.3, -0.25) is 4.98 Å². The molecule has 0 unspecified atom stereocenters. The fourth-order valence-corrected chi connectivity index (χ4v) is 3.13. The van der Waals surface area contributed by atoms with Crippen molar-refractivity contribution >= 4 is 10.8 Å². The Morgan fingerprint density at radius 2 is 1.37 bits per heavy atom. The van der Waals surface area contributed by atoms with Crippen LogP contribution < -0.4 is 18.9 Å². The number of benzene rings is 2. The van der Waals surface area contributed by atoms with E-state index in [0.717, 1.165) is 27.6 Å².